The molecule has 0 atom stereocenters. The Labute approximate surface area is 92.6 Å². The van der Waals surface area contributed by atoms with E-state index in [2.05, 4.69) is 5.32 Å². The Morgan fingerprint density at radius 2 is 2.12 bits per heavy atom. The van der Waals surface area contributed by atoms with Crippen LogP contribution in [0.5, 0.6) is 0 Å². The summed E-state index contributed by atoms with van der Waals surface area (Å²) in [5.41, 5.74) is 6.71. The van der Waals surface area contributed by atoms with Gasteiger partial charge in [-0.3, -0.25) is 4.79 Å². The lowest BCUT2D eigenvalue weighted by molar-refractivity contribution is -0.131. The van der Waals surface area contributed by atoms with Gasteiger partial charge in [-0.05, 0) is 25.1 Å². The zero-order chi connectivity index (χ0) is 12.1. The minimum atomic E-state index is -1.15. The Bertz CT molecular complexity index is 452. The van der Waals surface area contributed by atoms with Crippen molar-refractivity contribution < 1.29 is 14.7 Å². The lowest BCUT2D eigenvalue weighted by Gasteiger charge is -2.05. The van der Waals surface area contributed by atoms with Gasteiger partial charge in [0.25, 0.3) is 5.91 Å². The van der Waals surface area contributed by atoms with Gasteiger partial charge < -0.3 is 16.2 Å². The van der Waals surface area contributed by atoms with Crippen molar-refractivity contribution in [2.75, 3.05) is 11.1 Å². The molecule has 0 aliphatic carbocycles. The maximum absolute atomic E-state index is 11.5. The quantitative estimate of drug-likeness (QED) is 0.527. The highest BCUT2D eigenvalue weighted by Gasteiger charge is 2.06. The van der Waals surface area contributed by atoms with E-state index in [-0.39, 0.29) is 5.57 Å². The van der Waals surface area contributed by atoms with Gasteiger partial charge in [-0.1, -0.05) is 6.07 Å². The van der Waals surface area contributed by atoms with Gasteiger partial charge >= 0.3 is 5.97 Å². The third-order valence-electron chi connectivity index (χ3n) is 1.84. The van der Waals surface area contributed by atoms with Crippen molar-refractivity contribution >= 4 is 23.3 Å². The van der Waals surface area contributed by atoms with Gasteiger partial charge in [0.15, 0.2) is 0 Å². The van der Waals surface area contributed by atoms with Crippen LogP contribution >= 0.6 is 0 Å². The van der Waals surface area contributed by atoms with Crippen molar-refractivity contribution in [3.05, 3.63) is 35.9 Å². The molecule has 5 heteroatoms. The Hall–Kier alpha value is -2.30. The van der Waals surface area contributed by atoms with E-state index in [0.717, 1.165) is 6.08 Å². The SMILES string of the molecule is CC(=CC(=O)O)C(=O)Nc1cccc(N)c1. The molecule has 0 fully saturated rings. The number of rotatable bonds is 3. The summed E-state index contributed by atoms with van der Waals surface area (Å²) >= 11 is 0. The van der Waals surface area contributed by atoms with Crippen LogP contribution in [0.15, 0.2) is 35.9 Å². The number of benzene rings is 1. The number of carboxylic acid groups (broad SMARTS) is 1. The van der Waals surface area contributed by atoms with Crippen LogP contribution in [0.2, 0.25) is 0 Å². The van der Waals surface area contributed by atoms with Crippen LogP contribution in [0.3, 0.4) is 0 Å². The molecule has 0 radical (unpaired) electrons. The van der Waals surface area contributed by atoms with Gasteiger partial charge in [0, 0.05) is 23.0 Å². The average Bonchev–Trinajstić information content (AvgIpc) is 2.16. The number of carboxylic acids is 1. The van der Waals surface area contributed by atoms with Gasteiger partial charge in [0.05, 0.1) is 0 Å². The fourth-order valence-electron chi connectivity index (χ4n) is 1.10. The second kappa shape index (κ2) is 4.97. The van der Waals surface area contributed by atoms with Crippen LogP contribution in [0, 0.1) is 0 Å². The number of nitrogens with one attached hydrogen (secondary N) is 1. The average molecular weight is 220 g/mol. The smallest absolute Gasteiger partial charge is 0.328 e. The van der Waals surface area contributed by atoms with E-state index < -0.39 is 11.9 Å². The molecule has 84 valence electrons. The zero-order valence-electron chi connectivity index (χ0n) is 8.73. The number of aliphatic carboxylic acids is 1. The molecule has 0 aliphatic heterocycles. The molecule has 0 heterocycles. The number of nitrogen functional groups attached to an aromatic ring is 1. The first-order valence-electron chi connectivity index (χ1n) is 4.57. The van der Waals surface area contributed by atoms with Crippen LogP contribution in [0.4, 0.5) is 11.4 Å². The normalized spacial score (nSPS) is 10.9. The predicted octanol–water partition coefficient (Wildman–Crippen LogP) is 1.24. The molecular weight excluding hydrogens is 208 g/mol. The first-order valence-corrected chi connectivity index (χ1v) is 4.57. The van der Waals surface area contributed by atoms with E-state index in [9.17, 15) is 9.59 Å². The molecule has 0 saturated heterocycles. The molecule has 0 aliphatic rings. The van der Waals surface area contributed by atoms with E-state index in [1.807, 2.05) is 0 Å². The van der Waals surface area contributed by atoms with E-state index in [1.54, 1.807) is 24.3 Å². The second-order valence-corrected chi connectivity index (χ2v) is 3.25. The van der Waals surface area contributed by atoms with E-state index >= 15 is 0 Å². The first-order chi connectivity index (χ1) is 7.49. The number of hydrogen-bond donors (Lipinski definition) is 3. The number of nitrogens with two attached hydrogens (primary N) is 1. The summed E-state index contributed by atoms with van der Waals surface area (Å²) in [7, 11) is 0. The Morgan fingerprint density at radius 3 is 2.69 bits per heavy atom. The first kappa shape index (κ1) is 11.8. The Balaban J connectivity index is 2.75. The molecule has 0 unspecified atom stereocenters. The molecule has 1 aromatic carbocycles. The fourth-order valence-corrected chi connectivity index (χ4v) is 1.10. The second-order valence-electron chi connectivity index (χ2n) is 3.25. The molecule has 1 amide bonds. The minimum absolute atomic E-state index is 0.120. The summed E-state index contributed by atoms with van der Waals surface area (Å²) in [5, 5.41) is 11.0. The number of carbonyl (C=O) groups is 2. The van der Waals surface area contributed by atoms with Crippen LogP contribution in [0.25, 0.3) is 0 Å². The van der Waals surface area contributed by atoms with Crippen LogP contribution in [-0.4, -0.2) is 17.0 Å². The minimum Gasteiger partial charge on any atom is -0.478 e. The van der Waals surface area contributed by atoms with Gasteiger partial charge in [0.2, 0.25) is 0 Å². The van der Waals surface area contributed by atoms with Crippen molar-refractivity contribution in [3.63, 3.8) is 0 Å². The zero-order valence-corrected chi connectivity index (χ0v) is 8.73. The number of hydrogen-bond acceptors (Lipinski definition) is 3. The molecule has 0 spiro atoms. The highest BCUT2D eigenvalue weighted by atomic mass is 16.4. The predicted molar refractivity (Wildman–Crippen MR) is 60.9 cm³/mol. The topological polar surface area (TPSA) is 92.4 Å². The molecule has 0 saturated carbocycles. The van der Waals surface area contributed by atoms with Crippen molar-refractivity contribution in [2.45, 2.75) is 6.92 Å². The summed E-state index contributed by atoms with van der Waals surface area (Å²) in [6.45, 7) is 1.43. The third kappa shape index (κ3) is 3.45. The summed E-state index contributed by atoms with van der Waals surface area (Å²) in [6, 6.07) is 6.64. The van der Waals surface area contributed by atoms with Crippen LogP contribution < -0.4 is 11.1 Å². The molecule has 16 heavy (non-hydrogen) atoms. The van der Waals surface area contributed by atoms with Gasteiger partial charge in [-0.25, -0.2) is 4.79 Å². The van der Waals surface area contributed by atoms with Crippen molar-refractivity contribution in [1.82, 2.24) is 0 Å². The van der Waals surface area contributed by atoms with Crippen molar-refractivity contribution in [2.24, 2.45) is 0 Å². The lowest BCUT2D eigenvalue weighted by atomic mass is 10.2. The van der Waals surface area contributed by atoms with Gasteiger partial charge in [0.1, 0.15) is 0 Å². The number of amides is 1. The molecule has 0 aromatic heterocycles. The largest absolute Gasteiger partial charge is 0.478 e. The Kier molecular flexibility index (Phi) is 3.66. The lowest BCUT2D eigenvalue weighted by Crippen LogP contribution is -2.13. The maximum Gasteiger partial charge on any atom is 0.328 e. The number of carbonyl (C=O) groups excluding carboxylic acids is 1. The molecule has 4 N–H and O–H groups in total. The standard InChI is InChI=1S/C11H12N2O3/c1-7(5-10(14)15)11(16)13-9-4-2-3-8(12)6-9/h2-6H,12H2,1H3,(H,13,16)(H,14,15). The summed E-state index contributed by atoms with van der Waals surface area (Å²) in [4.78, 5) is 21.8. The van der Waals surface area contributed by atoms with E-state index in [0.29, 0.717) is 11.4 Å². The third-order valence-corrected chi connectivity index (χ3v) is 1.84. The van der Waals surface area contributed by atoms with Crippen LogP contribution in [0.1, 0.15) is 6.92 Å². The molecule has 1 rings (SSSR count). The highest BCUT2D eigenvalue weighted by molar-refractivity contribution is 6.06. The summed E-state index contributed by atoms with van der Waals surface area (Å²) in [6.07, 6.45) is 0.849. The highest BCUT2D eigenvalue weighted by Crippen LogP contribution is 2.12. The molecular formula is C11H12N2O3. The molecule has 0 bridgehead atoms. The summed E-state index contributed by atoms with van der Waals surface area (Å²) in [5.74, 6) is -1.62. The number of anilines is 2. The van der Waals surface area contributed by atoms with Gasteiger partial charge in [-0.2, -0.15) is 0 Å². The van der Waals surface area contributed by atoms with E-state index in [4.69, 9.17) is 10.8 Å². The van der Waals surface area contributed by atoms with Crippen molar-refractivity contribution in [3.8, 4) is 0 Å². The maximum atomic E-state index is 11.5. The monoisotopic (exact) mass is 220 g/mol. The molecule has 1 aromatic rings. The summed E-state index contributed by atoms with van der Waals surface area (Å²) < 4.78 is 0. The van der Waals surface area contributed by atoms with Crippen LogP contribution in [-0.2, 0) is 9.59 Å². The Morgan fingerprint density at radius 1 is 1.44 bits per heavy atom. The van der Waals surface area contributed by atoms with E-state index in [1.165, 1.54) is 6.92 Å². The fraction of sp³-hybridized carbons (Fsp3) is 0.0909. The van der Waals surface area contributed by atoms with Gasteiger partial charge in [-0.15, -0.1) is 0 Å². The molecule has 5 nitrogen and oxygen atoms in total. The van der Waals surface area contributed by atoms with Crippen molar-refractivity contribution in [1.29, 1.82) is 0 Å².